The van der Waals surface area contributed by atoms with Crippen molar-refractivity contribution in [3.63, 3.8) is 0 Å². The Morgan fingerprint density at radius 1 is 1.05 bits per heavy atom. The molecule has 1 aliphatic rings. The number of hydrogen-bond donors (Lipinski definition) is 2. The molecule has 2 N–H and O–H groups in total. The highest BCUT2D eigenvalue weighted by atomic mass is 16.3. The fourth-order valence-electron chi connectivity index (χ4n) is 2.74. The van der Waals surface area contributed by atoms with Crippen molar-refractivity contribution in [2.75, 3.05) is 5.32 Å². The Bertz CT molecular complexity index is 562. The fraction of sp³-hybridized carbons (Fsp3) is 0.375. The van der Waals surface area contributed by atoms with Gasteiger partial charge >= 0.3 is 0 Å². The molecule has 0 unspecified atom stereocenters. The molecule has 0 spiro atoms. The molecule has 0 saturated heterocycles. The number of nitrogens with zero attached hydrogens (tertiary/aromatic N) is 2. The molecule has 1 aromatic heterocycles. The van der Waals surface area contributed by atoms with E-state index in [0.29, 0.717) is 6.04 Å². The first-order valence-corrected chi connectivity index (χ1v) is 7.16. The van der Waals surface area contributed by atoms with Crippen LogP contribution in [0, 0.1) is 0 Å². The van der Waals surface area contributed by atoms with E-state index < -0.39 is 0 Å². The van der Waals surface area contributed by atoms with Gasteiger partial charge in [-0.25, -0.2) is 0 Å². The molecule has 0 radical (unpaired) electrons. The molecule has 0 atom stereocenters. The number of rotatable bonds is 4. The Morgan fingerprint density at radius 2 is 1.85 bits per heavy atom. The van der Waals surface area contributed by atoms with Gasteiger partial charge in [0.2, 0.25) is 0 Å². The molecular formula is C16H19N3O. The number of aromatic nitrogens is 2. The van der Waals surface area contributed by atoms with Crippen LogP contribution in [0.2, 0.25) is 0 Å². The van der Waals surface area contributed by atoms with Crippen LogP contribution in [0.1, 0.15) is 31.2 Å². The van der Waals surface area contributed by atoms with Crippen LogP contribution in [-0.4, -0.2) is 21.3 Å². The molecule has 1 saturated carbocycles. The molecule has 1 heterocycles. The fourth-order valence-corrected chi connectivity index (χ4v) is 2.74. The lowest BCUT2D eigenvalue weighted by atomic mass is 10.1. The summed E-state index contributed by atoms with van der Waals surface area (Å²) in [5.41, 5.74) is 2.61. The summed E-state index contributed by atoms with van der Waals surface area (Å²) in [6.07, 6.45) is 5.04. The standard InChI is InChI=1S/C16H19N3O/c20-11-12-5-1-4-8-14(12)15-9-10-16(19-18-15)17-13-6-2-3-7-13/h1,4-5,8-10,13,20H,2-3,6-7,11H2,(H,17,19). The molecule has 4 nitrogen and oxygen atoms in total. The molecule has 0 aliphatic heterocycles. The predicted molar refractivity (Wildman–Crippen MR) is 79.3 cm³/mol. The maximum absolute atomic E-state index is 9.36. The Labute approximate surface area is 118 Å². The summed E-state index contributed by atoms with van der Waals surface area (Å²) < 4.78 is 0. The average Bonchev–Trinajstić information content (AvgIpc) is 3.01. The summed E-state index contributed by atoms with van der Waals surface area (Å²) in [7, 11) is 0. The monoisotopic (exact) mass is 269 g/mol. The number of benzene rings is 1. The third-order valence-electron chi connectivity index (χ3n) is 3.84. The van der Waals surface area contributed by atoms with Crippen LogP contribution in [-0.2, 0) is 6.61 Å². The second kappa shape index (κ2) is 6.01. The van der Waals surface area contributed by atoms with Gasteiger partial charge in [-0.05, 0) is 30.5 Å². The summed E-state index contributed by atoms with van der Waals surface area (Å²) >= 11 is 0. The SMILES string of the molecule is OCc1ccccc1-c1ccc(NC2CCCC2)nn1. The van der Waals surface area contributed by atoms with Crippen LogP contribution in [0.5, 0.6) is 0 Å². The number of aliphatic hydroxyl groups excluding tert-OH is 1. The van der Waals surface area contributed by atoms with Gasteiger partial charge < -0.3 is 10.4 Å². The van der Waals surface area contributed by atoms with Crippen molar-refractivity contribution in [1.82, 2.24) is 10.2 Å². The maximum atomic E-state index is 9.36. The minimum absolute atomic E-state index is 0.0138. The Hall–Kier alpha value is -1.94. The lowest BCUT2D eigenvalue weighted by Crippen LogP contribution is -2.15. The third-order valence-corrected chi connectivity index (χ3v) is 3.84. The van der Waals surface area contributed by atoms with Crippen molar-refractivity contribution < 1.29 is 5.11 Å². The molecule has 1 aliphatic carbocycles. The molecule has 4 heteroatoms. The maximum Gasteiger partial charge on any atom is 0.148 e. The van der Waals surface area contributed by atoms with Crippen molar-refractivity contribution in [2.45, 2.75) is 38.3 Å². The van der Waals surface area contributed by atoms with Gasteiger partial charge in [0.05, 0.1) is 12.3 Å². The van der Waals surface area contributed by atoms with Gasteiger partial charge in [-0.3, -0.25) is 0 Å². The number of anilines is 1. The summed E-state index contributed by atoms with van der Waals surface area (Å²) in [5.74, 6) is 0.835. The van der Waals surface area contributed by atoms with E-state index >= 15 is 0 Å². The summed E-state index contributed by atoms with van der Waals surface area (Å²) in [5, 5.41) is 21.3. The van der Waals surface area contributed by atoms with Crippen LogP contribution in [0.25, 0.3) is 11.3 Å². The second-order valence-electron chi connectivity index (χ2n) is 5.24. The van der Waals surface area contributed by atoms with Gasteiger partial charge in [0.15, 0.2) is 0 Å². The van der Waals surface area contributed by atoms with E-state index in [1.807, 2.05) is 36.4 Å². The molecule has 104 valence electrons. The van der Waals surface area contributed by atoms with Crippen LogP contribution >= 0.6 is 0 Å². The van der Waals surface area contributed by atoms with E-state index in [2.05, 4.69) is 15.5 Å². The topological polar surface area (TPSA) is 58.0 Å². The molecule has 1 fully saturated rings. The molecule has 1 aromatic carbocycles. The highest BCUT2D eigenvalue weighted by Crippen LogP contribution is 2.24. The van der Waals surface area contributed by atoms with Crippen molar-refractivity contribution in [3.05, 3.63) is 42.0 Å². The largest absolute Gasteiger partial charge is 0.392 e. The summed E-state index contributed by atoms with van der Waals surface area (Å²) in [6.45, 7) is 0.0138. The molecule has 0 amide bonds. The number of hydrogen-bond acceptors (Lipinski definition) is 4. The van der Waals surface area contributed by atoms with Gasteiger partial charge in [0.1, 0.15) is 5.82 Å². The van der Waals surface area contributed by atoms with E-state index in [4.69, 9.17) is 0 Å². The normalized spacial score (nSPS) is 15.4. The minimum Gasteiger partial charge on any atom is -0.392 e. The van der Waals surface area contributed by atoms with Crippen molar-refractivity contribution in [2.24, 2.45) is 0 Å². The first kappa shape index (κ1) is 13.1. The molecule has 3 rings (SSSR count). The van der Waals surface area contributed by atoms with Crippen LogP contribution in [0.15, 0.2) is 36.4 Å². The smallest absolute Gasteiger partial charge is 0.148 e. The average molecular weight is 269 g/mol. The van der Waals surface area contributed by atoms with E-state index in [1.165, 1.54) is 25.7 Å². The van der Waals surface area contributed by atoms with E-state index in [9.17, 15) is 5.11 Å². The second-order valence-corrected chi connectivity index (χ2v) is 5.24. The summed E-state index contributed by atoms with van der Waals surface area (Å²) in [6, 6.07) is 12.2. The van der Waals surface area contributed by atoms with Crippen molar-refractivity contribution in [1.29, 1.82) is 0 Å². The Kier molecular flexibility index (Phi) is 3.92. The predicted octanol–water partition coefficient (Wildman–Crippen LogP) is 2.99. The van der Waals surface area contributed by atoms with Gasteiger partial charge in [-0.15, -0.1) is 10.2 Å². The quantitative estimate of drug-likeness (QED) is 0.896. The number of nitrogens with one attached hydrogen (secondary N) is 1. The van der Waals surface area contributed by atoms with Gasteiger partial charge in [0.25, 0.3) is 0 Å². The highest BCUT2D eigenvalue weighted by Gasteiger charge is 2.15. The lowest BCUT2D eigenvalue weighted by molar-refractivity contribution is 0.282. The van der Waals surface area contributed by atoms with Crippen LogP contribution < -0.4 is 5.32 Å². The molecule has 2 aromatic rings. The van der Waals surface area contributed by atoms with Crippen molar-refractivity contribution >= 4 is 5.82 Å². The zero-order valence-electron chi connectivity index (χ0n) is 11.4. The van der Waals surface area contributed by atoms with Crippen LogP contribution in [0.3, 0.4) is 0 Å². The van der Waals surface area contributed by atoms with Gasteiger partial charge in [-0.2, -0.15) is 0 Å². The third kappa shape index (κ3) is 2.80. The van der Waals surface area contributed by atoms with Gasteiger partial charge in [0, 0.05) is 11.6 Å². The van der Waals surface area contributed by atoms with Crippen LogP contribution in [0.4, 0.5) is 5.82 Å². The molecular weight excluding hydrogens is 250 g/mol. The minimum atomic E-state index is 0.0138. The lowest BCUT2D eigenvalue weighted by Gasteiger charge is -2.12. The zero-order valence-corrected chi connectivity index (χ0v) is 11.4. The first-order chi connectivity index (χ1) is 9.86. The highest BCUT2D eigenvalue weighted by molar-refractivity contribution is 5.63. The first-order valence-electron chi connectivity index (χ1n) is 7.16. The Morgan fingerprint density at radius 3 is 2.55 bits per heavy atom. The van der Waals surface area contributed by atoms with Gasteiger partial charge in [-0.1, -0.05) is 37.1 Å². The zero-order chi connectivity index (χ0) is 13.8. The summed E-state index contributed by atoms with van der Waals surface area (Å²) in [4.78, 5) is 0. The molecule has 20 heavy (non-hydrogen) atoms. The Balaban J connectivity index is 1.78. The van der Waals surface area contributed by atoms with E-state index in [0.717, 1.165) is 22.6 Å². The number of aliphatic hydroxyl groups is 1. The van der Waals surface area contributed by atoms with E-state index in [-0.39, 0.29) is 6.61 Å². The van der Waals surface area contributed by atoms with Crippen molar-refractivity contribution in [3.8, 4) is 11.3 Å². The van der Waals surface area contributed by atoms with E-state index in [1.54, 1.807) is 0 Å². The molecule has 0 bridgehead atoms.